The third kappa shape index (κ3) is 4.23. The first kappa shape index (κ1) is 17.7. The van der Waals surface area contributed by atoms with Crippen LogP contribution in [-0.2, 0) is 14.3 Å². The molecule has 0 aromatic heterocycles. The molecular weight excluding hydrogens is 330 g/mol. The fourth-order valence-corrected chi connectivity index (χ4v) is 2.89. The molecule has 1 heterocycles. The predicted octanol–water partition coefficient (Wildman–Crippen LogP) is 1.92. The van der Waals surface area contributed by atoms with Gasteiger partial charge in [0.15, 0.2) is 5.17 Å². The number of carbonyl (C=O) groups excluding carboxylic acids is 2. The maximum atomic E-state index is 11.7. The molecule has 1 saturated heterocycles. The van der Waals surface area contributed by atoms with E-state index < -0.39 is 11.9 Å². The highest BCUT2D eigenvalue weighted by atomic mass is 32.2. The van der Waals surface area contributed by atoms with Crippen molar-refractivity contribution in [1.82, 2.24) is 5.32 Å². The minimum absolute atomic E-state index is 0.208. The van der Waals surface area contributed by atoms with Gasteiger partial charge in [0, 0.05) is 11.6 Å². The molecule has 1 fully saturated rings. The van der Waals surface area contributed by atoms with E-state index in [9.17, 15) is 9.59 Å². The number of ether oxygens (including phenoxy) is 2. The normalized spacial score (nSPS) is 17.6. The van der Waals surface area contributed by atoms with Crippen molar-refractivity contribution in [3.8, 4) is 5.75 Å². The van der Waals surface area contributed by atoms with Crippen molar-refractivity contribution in [3.63, 3.8) is 0 Å². The van der Waals surface area contributed by atoms with Gasteiger partial charge < -0.3 is 9.47 Å². The van der Waals surface area contributed by atoms with E-state index in [4.69, 9.17) is 4.74 Å². The Morgan fingerprint density at radius 3 is 2.71 bits per heavy atom. The fourth-order valence-electron chi connectivity index (χ4n) is 2.15. The predicted molar refractivity (Wildman–Crippen MR) is 93.3 cm³/mol. The first-order valence-electron chi connectivity index (χ1n) is 6.99. The summed E-state index contributed by atoms with van der Waals surface area (Å²) in [6.07, 6.45) is 2.67. The summed E-state index contributed by atoms with van der Waals surface area (Å²) in [5.41, 5.74) is 2.87. The standard InChI is InChI=1S/C16H17N3O4S/c1-9-5-10(2)14(23-4)11(6-9)8-17-19-16-18-15(21)12(24-16)7-13(20)22-3/h5-8H,1-4H3,(H,18,19,21)/b12-7+,17-8?. The Morgan fingerprint density at radius 2 is 2.04 bits per heavy atom. The second-order valence-electron chi connectivity index (χ2n) is 4.94. The van der Waals surface area contributed by atoms with Crippen LogP contribution in [-0.4, -0.2) is 37.5 Å². The van der Waals surface area contributed by atoms with Crippen molar-refractivity contribution in [3.05, 3.63) is 39.8 Å². The molecule has 0 spiro atoms. The number of amidine groups is 1. The summed E-state index contributed by atoms with van der Waals surface area (Å²) in [6.45, 7) is 3.93. The van der Waals surface area contributed by atoms with Crippen molar-refractivity contribution in [1.29, 1.82) is 0 Å². The van der Waals surface area contributed by atoms with Gasteiger partial charge in [-0.15, -0.1) is 5.10 Å². The molecule has 0 atom stereocenters. The number of carbonyl (C=O) groups is 2. The Hall–Kier alpha value is -2.61. The van der Waals surface area contributed by atoms with Gasteiger partial charge in [-0.1, -0.05) is 6.07 Å². The van der Waals surface area contributed by atoms with Gasteiger partial charge in [-0.3, -0.25) is 10.1 Å². The molecule has 1 N–H and O–H groups in total. The molecular formula is C16H17N3O4S. The second-order valence-corrected chi connectivity index (χ2v) is 5.97. The first-order chi connectivity index (χ1) is 11.4. The van der Waals surface area contributed by atoms with E-state index >= 15 is 0 Å². The molecule has 0 bridgehead atoms. The van der Waals surface area contributed by atoms with Gasteiger partial charge >= 0.3 is 5.97 Å². The number of nitrogens with zero attached hydrogens (tertiary/aromatic N) is 2. The summed E-state index contributed by atoms with van der Waals surface area (Å²) in [5.74, 6) is -0.292. The third-order valence-electron chi connectivity index (χ3n) is 3.10. The van der Waals surface area contributed by atoms with Crippen molar-refractivity contribution >= 4 is 35.0 Å². The highest BCUT2D eigenvalue weighted by Gasteiger charge is 2.25. The number of rotatable bonds is 4. The molecule has 1 aromatic rings. The molecule has 0 saturated carbocycles. The molecule has 0 aliphatic carbocycles. The lowest BCUT2D eigenvalue weighted by atomic mass is 10.1. The number of methoxy groups -OCH3 is 2. The maximum Gasteiger partial charge on any atom is 0.331 e. The Balaban J connectivity index is 2.18. The average molecular weight is 347 g/mol. The van der Waals surface area contributed by atoms with E-state index in [1.165, 1.54) is 7.11 Å². The van der Waals surface area contributed by atoms with Gasteiger partial charge in [-0.05, 0) is 42.8 Å². The van der Waals surface area contributed by atoms with Crippen LogP contribution in [0.2, 0.25) is 0 Å². The van der Waals surface area contributed by atoms with Gasteiger partial charge in [-0.25, -0.2) is 4.79 Å². The Bertz CT molecular complexity index is 769. The van der Waals surface area contributed by atoms with Crippen LogP contribution >= 0.6 is 11.8 Å². The SMILES string of the molecule is COC(=O)/C=C1/S/C(=N\N=Cc2cc(C)cc(C)c2OC)NC1=O. The van der Waals surface area contributed by atoms with Gasteiger partial charge in [0.1, 0.15) is 5.75 Å². The van der Waals surface area contributed by atoms with Crippen LogP contribution in [0.1, 0.15) is 16.7 Å². The van der Waals surface area contributed by atoms with Crippen LogP contribution in [0, 0.1) is 13.8 Å². The zero-order valence-electron chi connectivity index (χ0n) is 13.7. The number of esters is 1. The molecule has 126 valence electrons. The van der Waals surface area contributed by atoms with E-state index in [2.05, 4.69) is 20.3 Å². The zero-order chi connectivity index (χ0) is 17.7. The summed E-state index contributed by atoms with van der Waals surface area (Å²) in [4.78, 5) is 23.1. The summed E-state index contributed by atoms with van der Waals surface area (Å²) >= 11 is 1.02. The highest BCUT2D eigenvalue weighted by Crippen LogP contribution is 2.25. The minimum atomic E-state index is -0.600. The highest BCUT2D eigenvalue weighted by molar-refractivity contribution is 8.18. The van der Waals surface area contributed by atoms with Crippen molar-refractivity contribution in [2.75, 3.05) is 14.2 Å². The van der Waals surface area contributed by atoms with Crippen LogP contribution < -0.4 is 10.1 Å². The number of aryl methyl sites for hydroxylation is 2. The summed E-state index contributed by atoms with van der Waals surface area (Å²) in [7, 11) is 2.84. The van der Waals surface area contributed by atoms with Crippen LogP contribution in [0.3, 0.4) is 0 Å². The molecule has 1 amide bonds. The molecule has 7 nitrogen and oxygen atoms in total. The lowest BCUT2D eigenvalue weighted by Crippen LogP contribution is -2.19. The van der Waals surface area contributed by atoms with Crippen molar-refractivity contribution in [2.24, 2.45) is 10.2 Å². The lowest BCUT2D eigenvalue weighted by molar-refractivity contribution is -0.135. The molecule has 1 aromatic carbocycles. The van der Waals surface area contributed by atoms with Gasteiger partial charge in [0.05, 0.1) is 25.3 Å². The first-order valence-corrected chi connectivity index (χ1v) is 7.81. The van der Waals surface area contributed by atoms with E-state index in [1.54, 1.807) is 13.3 Å². The Labute approximate surface area is 143 Å². The average Bonchev–Trinajstić information content (AvgIpc) is 2.86. The largest absolute Gasteiger partial charge is 0.496 e. The summed E-state index contributed by atoms with van der Waals surface area (Å²) in [5, 5.41) is 10.8. The minimum Gasteiger partial charge on any atom is -0.496 e. The monoisotopic (exact) mass is 347 g/mol. The van der Waals surface area contributed by atoms with Gasteiger partial charge in [0.2, 0.25) is 0 Å². The molecule has 8 heteroatoms. The smallest absolute Gasteiger partial charge is 0.331 e. The molecule has 2 rings (SSSR count). The fraction of sp³-hybridized carbons (Fsp3) is 0.250. The topological polar surface area (TPSA) is 89.3 Å². The Kier molecular flexibility index (Phi) is 5.75. The van der Waals surface area contributed by atoms with Crippen molar-refractivity contribution in [2.45, 2.75) is 13.8 Å². The van der Waals surface area contributed by atoms with E-state index in [0.717, 1.165) is 40.3 Å². The number of thioether (sulfide) groups is 1. The molecule has 0 radical (unpaired) electrons. The van der Waals surface area contributed by atoms with E-state index in [0.29, 0.717) is 0 Å². The zero-order valence-corrected chi connectivity index (χ0v) is 14.6. The molecule has 0 unspecified atom stereocenters. The quantitative estimate of drug-likeness (QED) is 0.389. The van der Waals surface area contributed by atoms with Crippen LogP contribution in [0.25, 0.3) is 0 Å². The lowest BCUT2D eigenvalue weighted by Gasteiger charge is -2.08. The molecule has 1 aliphatic rings. The van der Waals surface area contributed by atoms with Crippen LogP contribution in [0.4, 0.5) is 0 Å². The maximum absolute atomic E-state index is 11.7. The molecule has 24 heavy (non-hydrogen) atoms. The third-order valence-corrected chi connectivity index (χ3v) is 4.00. The van der Waals surface area contributed by atoms with Crippen LogP contribution in [0.5, 0.6) is 5.75 Å². The van der Waals surface area contributed by atoms with E-state index in [-0.39, 0.29) is 10.1 Å². The van der Waals surface area contributed by atoms with Crippen LogP contribution in [0.15, 0.2) is 33.3 Å². The summed E-state index contributed by atoms with van der Waals surface area (Å²) < 4.78 is 9.86. The number of nitrogens with one attached hydrogen (secondary N) is 1. The Morgan fingerprint density at radius 1 is 1.29 bits per heavy atom. The van der Waals surface area contributed by atoms with Gasteiger partial charge in [0.25, 0.3) is 5.91 Å². The second kappa shape index (κ2) is 7.78. The number of benzene rings is 1. The van der Waals surface area contributed by atoms with Gasteiger partial charge in [-0.2, -0.15) is 5.10 Å². The molecule has 1 aliphatic heterocycles. The number of amides is 1. The van der Waals surface area contributed by atoms with Crippen molar-refractivity contribution < 1.29 is 19.1 Å². The summed E-state index contributed by atoms with van der Waals surface area (Å²) in [6, 6.07) is 3.94. The number of hydrogen-bond acceptors (Lipinski definition) is 7. The van der Waals surface area contributed by atoms with E-state index in [1.807, 2.05) is 26.0 Å². The number of hydrogen-bond donors (Lipinski definition) is 1.